The molecule has 1 heterocycles. The van der Waals surface area contributed by atoms with Crippen LogP contribution in [0.2, 0.25) is 0 Å². The summed E-state index contributed by atoms with van der Waals surface area (Å²) < 4.78 is 5.43. The largest absolute Gasteiger partial charge is 0.376 e. The van der Waals surface area contributed by atoms with Crippen LogP contribution in [0.4, 0.5) is 0 Å². The Labute approximate surface area is 84.7 Å². The Hall–Kier alpha value is -1.27. The number of ether oxygens (including phenoxy) is 1. The van der Waals surface area contributed by atoms with Crippen LogP contribution in [-0.4, -0.2) is 36.6 Å². The summed E-state index contributed by atoms with van der Waals surface area (Å²) in [5.74, 6) is 2.33. The lowest BCUT2D eigenvalue weighted by Gasteiger charge is -2.21. The molecule has 0 aromatic rings. The molecule has 0 radical (unpaired) electrons. The second-order valence-electron chi connectivity index (χ2n) is 3.26. The lowest BCUT2D eigenvalue weighted by Crippen LogP contribution is -2.36. The van der Waals surface area contributed by atoms with Crippen LogP contribution in [0, 0.1) is 12.3 Å². The van der Waals surface area contributed by atoms with Crippen molar-refractivity contribution in [1.29, 1.82) is 0 Å². The number of hydrogen-bond donors (Lipinski definition) is 0. The van der Waals surface area contributed by atoms with Crippen molar-refractivity contribution in [3.63, 3.8) is 0 Å². The topological polar surface area (TPSA) is 29.5 Å². The first-order valence-electron chi connectivity index (χ1n) is 4.74. The zero-order valence-corrected chi connectivity index (χ0v) is 8.24. The fourth-order valence-electron chi connectivity index (χ4n) is 1.51. The van der Waals surface area contributed by atoms with Crippen LogP contribution in [0.5, 0.6) is 0 Å². The van der Waals surface area contributed by atoms with Crippen LogP contribution in [0.3, 0.4) is 0 Å². The molecule has 0 aromatic carbocycles. The number of carbonyl (C=O) groups is 1. The minimum atomic E-state index is -0.126. The Kier molecular flexibility index (Phi) is 4.21. The van der Waals surface area contributed by atoms with Crippen LogP contribution in [0.25, 0.3) is 0 Å². The monoisotopic (exact) mass is 193 g/mol. The number of carbonyl (C=O) groups excluding carboxylic acids is 1. The fraction of sp³-hybridized carbons (Fsp3) is 0.545. The molecule has 1 amide bonds. The summed E-state index contributed by atoms with van der Waals surface area (Å²) in [5, 5.41) is 0. The molecular formula is C11H15NO2. The first-order chi connectivity index (χ1) is 6.77. The minimum absolute atomic E-state index is 0.126. The van der Waals surface area contributed by atoms with E-state index in [2.05, 4.69) is 12.5 Å². The van der Waals surface area contributed by atoms with Gasteiger partial charge in [-0.3, -0.25) is 4.79 Å². The van der Waals surface area contributed by atoms with Crippen molar-refractivity contribution in [1.82, 2.24) is 4.90 Å². The van der Waals surface area contributed by atoms with E-state index in [1.54, 1.807) is 4.90 Å². The van der Waals surface area contributed by atoms with E-state index in [0.717, 1.165) is 19.4 Å². The summed E-state index contributed by atoms with van der Waals surface area (Å²) in [7, 11) is 0. The highest BCUT2D eigenvalue weighted by Gasteiger charge is 2.20. The summed E-state index contributed by atoms with van der Waals surface area (Å²) in [5.41, 5.74) is 0. The second kappa shape index (κ2) is 5.46. The summed E-state index contributed by atoms with van der Waals surface area (Å²) >= 11 is 0. The number of hydrogen-bond acceptors (Lipinski definition) is 2. The summed E-state index contributed by atoms with van der Waals surface area (Å²) in [4.78, 5) is 12.9. The maximum Gasteiger partial charge on any atom is 0.246 e. The quantitative estimate of drug-likeness (QED) is 0.488. The third-order valence-corrected chi connectivity index (χ3v) is 2.22. The minimum Gasteiger partial charge on any atom is -0.376 e. The number of terminal acetylenes is 1. The number of amides is 1. The molecule has 0 N–H and O–H groups in total. The maximum absolute atomic E-state index is 11.3. The van der Waals surface area contributed by atoms with Gasteiger partial charge in [-0.15, -0.1) is 6.42 Å². The van der Waals surface area contributed by atoms with E-state index in [-0.39, 0.29) is 12.0 Å². The van der Waals surface area contributed by atoms with Gasteiger partial charge in [0.1, 0.15) is 0 Å². The molecule has 0 spiro atoms. The van der Waals surface area contributed by atoms with Gasteiger partial charge in [0, 0.05) is 13.2 Å². The first-order valence-corrected chi connectivity index (χ1v) is 4.74. The molecule has 0 saturated carbocycles. The van der Waals surface area contributed by atoms with E-state index < -0.39 is 0 Å². The van der Waals surface area contributed by atoms with Crippen molar-refractivity contribution in [2.75, 3.05) is 19.7 Å². The molecule has 3 nitrogen and oxygen atoms in total. The van der Waals surface area contributed by atoms with Gasteiger partial charge in [-0.1, -0.05) is 12.5 Å². The van der Waals surface area contributed by atoms with E-state index in [1.807, 2.05) is 0 Å². The molecule has 0 aromatic heterocycles. The van der Waals surface area contributed by atoms with Gasteiger partial charge in [-0.2, -0.15) is 0 Å². The highest BCUT2D eigenvalue weighted by molar-refractivity contribution is 5.87. The van der Waals surface area contributed by atoms with E-state index in [4.69, 9.17) is 11.2 Å². The van der Waals surface area contributed by atoms with E-state index in [9.17, 15) is 4.79 Å². The maximum atomic E-state index is 11.3. The van der Waals surface area contributed by atoms with Crippen molar-refractivity contribution in [3.05, 3.63) is 12.7 Å². The zero-order valence-electron chi connectivity index (χ0n) is 8.24. The molecule has 3 heteroatoms. The lowest BCUT2D eigenvalue weighted by atomic mass is 10.2. The van der Waals surface area contributed by atoms with Crippen molar-refractivity contribution < 1.29 is 9.53 Å². The Morgan fingerprint density at radius 3 is 3.07 bits per heavy atom. The van der Waals surface area contributed by atoms with Gasteiger partial charge in [0.2, 0.25) is 5.91 Å². The average molecular weight is 193 g/mol. The van der Waals surface area contributed by atoms with Crippen molar-refractivity contribution >= 4 is 5.91 Å². The molecular weight excluding hydrogens is 178 g/mol. The molecule has 0 aliphatic carbocycles. The zero-order chi connectivity index (χ0) is 10.4. The lowest BCUT2D eigenvalue weighted by molar-refractivity contribution is -0.126. The summed E-state index contributed by atoms with van der Waals surface area (Å²) in [6.07, 6.45) is 8.68. The van der Waals surface area contributed by atoms with Gasteiger partial charge in [0.05, 0.1) is 12.6 Å². The molecule has 1 aliphatic heterocycles. The molecule has 1 unspecified atom stereocenters. The van der Waals surface area contributed by atoms with Gasteiger partial charge in [-0.25, -0.2) is 0 Å². The SMILES string of the molecule is C#CCN(CC1CCCO1)C(=O)C=C. The highest BCUT2D eigenvalue weighted by atomic mass is 16.5. The number of nitrogens with zero attached hydrogens (tertiary/aromatic N) is 1. The van der Waals surface area contributed by atoms with Gasteiger partial charge in [0.15, 0.2) is 0 Å². The number of rotatable bonds is 4. The molecule has 1 fully saturated rings. The normalized spacial score (nSPS) is 20.1. The molecule has 1 aliphatic rings. The first kappa shape index (κ1) is 10.8. The average Bonchev–Trinajstić information content (AvgIpc) is 2.68. The third-order valence-electron chi connectivity index (χ3n) is 2.22. The smallest absolute Gasteiger partial charge is 0.246 e. The van der Waals surface area contributed by atoms with Crippen molar-refractivity contribution in [3.8, 4) is 12.3 Å². The molecule has 1 saturated heterocycles. The molecule has 0 bridgehead atoms. The summed E-state index contributed by atoms with van der Waals surface area (Å²) in [6.45, 7) is 5.13. The molecule has 1 rings (SSSR count). The molecule has 1 atom stereocenters. The van der Waals surface area contributed by atoms with Gasteiger partial charge >= 0.3 is 0 Å². The third kappa shape index (κ3) is 2.90. The van der Waals surface area contributed by atoms with Gasteiger partial charge in [-0.05, 0) is 18.9 Å². The Bertz CT molecular complexity index is 249. The highest BCUT2D eigenvalue weighted by Crippen LogP contribution is 2.13. The molecule has 76 valence electrons. The standard InChI is InChI=1S/C11H15NO2/c1-3-7-12(11(13)4-2)9-10-6-5-8-14-10/h1,4,10H,2,5-9H2. The Morgan fingerprint density at radius 2 is 2.57 bits per heavy atom. The van der Waals surface area contributed by atoms with Crippen LogP contribution in [0.1, 0.15) is 12.8 Å². The second-order valence-corrected chi connectivity index (χ2v) is 3.26. The van der Waals surface area contributed by atoms with E-state index in [1.165, 1.54) is 6.08 Å². The van der Waals surface area contributed by atoms with Gasteiger partial charge < -0.3 is 9.64 Å². The van der Waals surface area contributed by atoms with E-state index >= 15 is 0 Å². The van der Waals surface area contributed by atoms with Crippen LogP contribution < -0.4 is 0 Å². The van der Waals surface area contributed by atoms with Crippen molar-refractivity contribution in [2.45, 2.75) is 18.9 Å². The van der Waals surface area contributed by atoms with Crippen LogP contribution in [0.15, 0.2) is 12.7 Å². The van der Waals surface area contributed by atoms with Crippen LogP contribution in [-0.2, 0) is 9.53 Å². The van der Waals surface area contributed by atoms with Crippen molar-refractivity contribution in [2.24, 2.45) is 0 Å². The van der Waals surface area contributed by atoms with E-state index in [0.29, 0.717) is 13.1 Å². The van der Waals surface area contributed by atoms with Crippen LogP contribution >= 0.6 is 0 Å². The predicted molar refractivity (Wildman–Crippen MR) is 54.6 cm³/mol. The molecule has 14 heavy (non-hydrogen) atoms. The Balaban J connectivity index is 2.45. The van der Waals surface area contributed by atoms with Gasteiger partial charge in [0.25, 0.3) is 0 Å². The predicted octanol–water partition coefficient (Wildman–Crippen LogP) is 0.813. The summed E-state index contributed by atoms with van der Waals surface area (Å²) in [6, 6.07) is 0. The Morgan fingerprint density at radius 1 is 1.79 bits per heavy atom. The fourth-order valence-corrected chi connectivity index (χ4v) is 1.51.